The van der Waals surface area contributed by atoms with Crippen molar-refractivity contribution in [3.05, 3.63) is 0 Å². The summed E-state index contributed by atoms with van der Waals surface area (Å²) in [6.45, 7) is 5.12. The Morgan fingerprint density at radius 3 is 2.79 bits per heavy atom. The van der Waals surface area contributed by atoms with Crippen molar-refractivity contribution in [3.63, 3.8) is 0 Å². The summed E-state index contributed by atoms with van der Waals surface area (Å²) in [5.41, 5.74) is 0. The molecule has 2 fully saturated rings. The van der Waals surface area contributed by atoms with Gasteiger partial charge in [-0.3, -0.25) is 4.79 Å². The van der Waals surface area contributed by atoms with E-state index < -0.39 is 0 Å². The van der Waals surface area contributed by atoms with E-state index in [-0.39, 0.29) is 5.92 Å². The molecule has 0 radical (unpaired) electrons. The average molecular weight is 196 g/mol. The molecule has 0 bridgehead atoms. The first-order chi connectivity index (χ1) is 6.79. The maximum absolute atomic E-state index is 12.1. The van der Waals surface area contributed by atoms with Crippen LogP contribution in [0.15, 0.2) is 0 Å². The van der Waals surface area contributed by atoms with E-state index in [4.69, 9.17) is 0 Å². The Hall–Kier alpha value is -0.570. The summed E-state index contributed by atoms with van der Waals surface area (Å²) in [7, 11) is 0. The molecule has 2 rings (SSSR count). The molecule has 14 heavy (non-hydrogen) atoms. The van der Waals surface area contributed by atoms with E-state index in [9.17, 15) is 4.79 Å². The fourth-order valence-corrected chi connectivity index (χ4v) is 2.56. The minimum Gasteiger partial charge on any atom is -0.340 e. The molecule has 2 heterocycles. The van der Waals surface area contributed by atoms with Crippen LogP contribution in [0.25, 0.3) is 0 Å². The van der Waals surface area contributed by atoms with Crippen molar-refractivity contribution in [2.75, 3.05) is 19.6 Å². The van der Waals surface area contributed by atoms with Crippen LogP contribution in [0.4, 0.5) is 0 Å². The van der Waals surface area contributed by atoms with Gasteiger partial charge in [-0.15, -0.1) is 0 Å². The smallest absolute Gasteiger partial charge is 0.227 e. The number of piperidine rings is 1. The highest BCUT2D eigenvalue weighted by atomic mass is 16.2. The van der Waals surface area contributed by atoms with Crippen molar-refractivity contribution >= 4 is 5.91 Å². The van der Waals surface area contributed by atoms with E-state index in [0.29, 0.717) is 11.9 Å². The molecule has 2 aliphatic rings. The Kier molecular flexibility index (Phi) is 3.06. The summed E-state index contributed by atoms with van der Waals surface area (Å²) in [5, 5.41) is 3.31. The number of nitrogens with one attached hydrogen (secondary N) is 1. The molecule has 0 aromatic rings. The first-order valence-corrected chi connectivity index (χ1v) is 5.80. The van der Waals surface area contributed by atoms with Gasteiger partial charge in [-0.1, -0.05) is 0 Å². The van der Waals surface area contributed by atoms with Crippen molar-refractivity contribution < 1.29 is 4.79 Å². The average Bonchev–Trinajstić information content (AvgIpc) is 2.65. The maximum atomic E-state index is 12.1. The van der Waals surface area contributed by atoms with Crippen molar-refractivity contribution in [2.45, 2.75) is 38.6 Å². The van der Waals surface area contributed by atoms with Gasteiger partial charge in [0, 0.05) is 19.1 Å². The van der Waals surface area contributed by atoms with E-state index in [0.717, 1.165) is 32.5 Å². The minimum absolute atomic E-state index is 0.254. The normalized spacial score (nSPS) is 33.4. The lowest BCUT2D eigenvalue weighted by Gasteiger charge is -2.29. The van der Waals surface area contributed by atoms with Crippen LogP contribution in [0.1, 0.15) is 32.6 Å². The Balaban J connectivity index is 1.92. The van der Waals surface area contributed by atoms with Gasteiger partial charge in [0.05, 0.1) is 5.92 Å². The lowest BCUT2D eigenvalue weighted by atomic mass is 9.98. The predicted octanol–water partition coefficient (Wildman–Crippen LogP) is 0.997. The van der Waals surface area contributed by atoms with Gasteiger partial charge in [-0.25, -0.2) is 0 Å². The topological polar surface area (TPSA) is 32.3 Å². The first kappa shape index (κ1) is 9.97. The van der Waals surface area contributed by atoms with Gasteiger partial charge in [0.2, 0.25) is 5.91 Å². The molecule has 2 atom stereocenters. The molecule has 3 heteroatoms. The van der Waals surface area contributed by atoms with Crippen molar-refractivity contribution in [1.29, 1.82) is 0 Å². The van der Waals surface area contributed by atoms with Crippen LogP contribution in [-0.4, -0.2) is 36.5 Å². The highest BCUT2D eigenvalue weighted by molar-refractivity contribution is 5.79. The van der Waals surface area contributed by atoms with Gasteiger partial charge in [0.25, 0.3) is 0 Å². The molecule has 0 spiro atoms. The van der Waals surface area contributed by atoms with Crippen LogP contribution in [-0.2, 0) is 4.79 Å². The lowest BCUT2D eigenvalue weighted by Crippen LogP contribution is -2.44. The second-order valence-corrected chi connectivity index (χ2v) is 4.57. The zero-order valence-corrected chi connectivity index (χ0v) is 8.96. The SMILES string of the molecule is C[C@H]1CCCN1C(=O)C1CCCNC1. The van der Waals surface area contributed by atoms with E-state index in [2.05, 4.69) is 17.1 Å². The van der Waals surface area contributed by atoms with Crippen LogP contribution in [0, 0.1) is 5.92 Å². The van der Waals surface area contributed by atoms with Gasteiger partial charge >= 0.3 is 0 Å². The zero-order chi connectivity index (χ0) is 9.97. The molecular weight excluding hydrogens is 176 g/mol. The van der Waals surface area contributed by atoms with Crippen LogP contribution >= 0.6 is 0 Å². The number of rotatable bonds is 1. The summed E-state index contributed by atoms with van der Waals surface area (Å²) in [5.74, 6) is 0.645. The molecule has 3 nitrogen and oxygen atoms in total. The number of carbonyl (C=O) groups is 1. The van der Waals surface area contributed by atoms with Crippen LogP contribution < -0.4 is 5.32 Å². The third-order valence-electron chi connectivity index (χ3n) is 3.48. The molecule has 0 aromatic carbocycles. The summed E-state index contributed by atoms with van der Waals surface area (Å²) >= 11 is 0. The van der Waals surface area contributed by atoms with Crippen LogP contribution in [0.5, 0.6) is 0 Å². The van der Waals surface area contributed by atoms with Gasteiger partial charge < -0.3 is 10.2 Å². The minimum atomic E-state index is 0.254. The molecule has 80 valence electrons. The number of carbonyl (C=O) groups excluding carboxylic acids is 1. The third-order valence-corrected chi connectivity index (χ3v) is 3.48. The molecule has 1 unspecified atom stereocenters. The highest BCUT2D eigenvalue weighted by Gasteiger charge is 2.31. The van der Waals surface area contributed by atoms with Crippen molar-refractivity contribution in [3.8, 4) is 0 Å². The van der Waals surface area contributed by atoms with Crippen LogP contribution in [0.2, 0.25) is 0 Å². The Morgan fingerprint density at radius 1 is 1.36 bits per heavy atom. The van der Waals surface area contributed by atoms with Crippen molar-refractivity contribution in [2.24, 2.45) is 5.92 Å². The number of likely N-dealkylation sites (tertiary alicyclic amines) is 1. The largest absolute Gasteiger partial charge is 0.340 e. The second-order valence-electron chi connectivity index (χ2n) is 4.57. The summed E-state index contributed by atoms with van der Waals surface area (Å²) in [6.07, 6.45) is 4.60. The van der Waals surface area contributed by atoms with E-state index in [1.54, 1.807) is 0 Å². The Bertz CT molecular complexity index is 211. The Morgan fingerprint density at radius 2 is 2.21 bits per heavy atom. The monoisotopic (exact) mass is 196 g/mol. The second kappa shape index (κ2) is 4.30. The predicted molar refractivity (Wildman–Crippen MR) is 56.0 cm³/mol. The molecular formula is C11H20N2O. The van der Waals surface area contributed by atoms with E-state index in [1.165, 1.54) is 12.8 Å². The molecule has 0 aliphatic carbocycles. The summed E-state index contributed by atoms with van der Waals surface area (Å²) in [6, 6.07) is 0.476. The number of nitrogens with zero attached hydrogens (tertiary/aromatic N) is 1. The van der Waals surface area contributed by atoms with E-state index >= 15 is 0 Å². The number of amides is 1. The molecule has 1 amide bonds. The zero-order valence-electron chi connectivity index (χ0n) is 8.96. The van der Waals surface area contributed by atoms with Crippen molar-refractivity contribution in [1.82, 2.24) is 10.2 Å². The fourth-order valence-electron chi connectivity index (χ4n) is 2.56. The molecule has 1 N–H and O–H groups in total. The summed E-state index contributed by atoms with van der Waals surface area (Å²) in [4.78, 5) is 14.2. The van der Waals surface area contributed by atoms with E-state index in [1.807, 2.05) is 0 Å². The molecule has 0 aromatic heterocycles. The van der Waals surface area contributed by atoms with Gasteiger partial charge in [0.1, 0.15) is 0 Å². The first-order valence-electron chi connectivity index (χ1n) is 5.80. The fraction of sp³-hybridized carbons (Fsp3) is 0.909. The Labute approximate surface area is 85.8 Å². The van der Waals surface area contributed by atoms with Crippen LogP contribution in [0.3, 0.4) is 0 Å². The quantitative estimate of drug-likeness (QED) is 0.678. The van der Waals surface area contributed by atoms with Gasteiger partial charge in [-0.2, -0.15) is 0 Å². The molecule has 2 aliphatic heterocycles. The standard InChI is InChI=1S/C11H20N2O/c1-9-4-3-7-13(9)11(14)10-5-2-6-12-8-10/h9-10,12H,2-8H2,1H3/t9-,10?/m0/s1. The highest BCUT2D eigenvalue weighted by Crippen LogP contribution is 2.21. The third kappa shape index (κ3) is 1.92. The molecule has 2 saturated heterocycles. The molecule has 0 saturated carbocycles. The van der Waals surface area contributed by atoms with Gasteiger partial charge in [0.15, 0.2) is 0 Å². The van der Waals surface area contributed by atoms with Gasteiger partial charge in [-0.05, 0) is 39.2 Å². The maximum Gasteiger partial charge on any atom is 0.227 e. The lowest BCUT2D eigenvalue weighted by molar-refractivity contribution is -0.136. The number of hydrogen-bond acceptors (Lipinski definition) is 2. The summed E-state index contributed by atoms with van der Waals surface area (Å²) < 4.78 is 0. The number of hydrogen-bond donors (Lipinski definition) is 1.